The molecule has 8 heteroatoms. The van der Waals surface area contributed by atoms with Gasteiger partial charge in [-0.2, -0.15) is 0 Å². The lowest BCUT2D eigenvalue weighted by Gasteiger charge is -2.24. The van der Waals surface area contributed by atoms with Crippen molar-refractivity contribution in [2.45, 2.75) is 19.3 Å². The fourth-order valence-corrected chi connectivity index (χ4v) is 4.94. The molecule has 158 valence electrons. The van der Waals surface area contributed by atoms with Crippen molar-refractivity contribution in [2.75, 3.05) is 25.5 Å². The van der Waals surface area contributed by atoms with E-state index in [1.165, 1.54) is 11.1 Å². The van der Waals surface area contributed by atoms with E-state index in [0.29, 0.717) is 25.5 Å². The molecule has 2 aromatic heterocycles. The third kappa shape index (κ3) is 3.92. The zero-order valence-corrected chi connectivity index (χ0v) is 18.0. The molecule has 3 heterocycles. The number of hydrogen-bond donors (Lipinski definition) is 2. The van der Waals surface area contributed by atoms with Crippen LogP contribution in [0.5, 0.6) is 11.5 Å². The summed E-state index contributed by atoms with van der Waals surface area (Å²) in [5.41, 5.74) is 16.4. The minimum Gasteiger partial charge on any atom is -0.493 e. The molecule has 0 saturated carbocycles. The third-order valence-electron chi connectivity index (χ3n) is 5.29. The lowest BCUT2D eigenvalue weighted by molar-refractivity contribution is 0.262. The molecule has 0 saturated heterocycles. The molecule has 5 rings (SSSR count). The minimum absolute atomic E-state index is 0.201. The Kier molecular flexibility index (Phi) is 5.17. The molecule has 0 aliphatic carbocycles. The van der Waals surface area contributed by atoms with Crippen LogP contribution in [0.3, 0.4) is 0 Å². The van der Waals surface area contributed by atoms with Gasteiger partial charge in [0.1, 0.15) is 28.6 Å². The van der Waals surface area contributed by atoms with Gasteiger partial charge in [0.2, 0.25) is 5.95 Å². The molecule has 0 spiro atoms. The Balaban J connectivity index is 1.55. The fourth-order valence-electron chi connectivity index (χ4n) is 3.83. The Morgan fingerprint density at radius 3 is 2.94 bits per heavy atom. The second-order valence-corrected chi connectivity index (χ2v) is 8.70. The molecule has 0 bridgehead atoms. The second-order valence-electron chi connectivity index (χ2n) is 7.63. The molecule has 2 aromatic carbocycles. The summed E-state index contributed by atoms with van der Waals surface area (Å²) in [5, 5.41) is 1.04. The smallest absolute Gasteiger partial charge is 0.220 e. The van der Waals surface area contributed by atoms with Crippen LogP contribution in [0.25, 0.3) is 21.5 Å². The molecule has 1 atom stereocenters. The van der Waals surface area contributed by atoms with E-state index in [2.05, 4.69) is 41.2 Å². The van der Waals surface area contributed by atoms with E-state index in [0.717, 1.165) is 38.7 Å². The summed E-state index contributed by atoms with van der Waals surface area (Å²) in [4.78, 5) is 13.3. The van der Waals surface area contributed by atoms with E-state index < -0.39 is 0 Å². The molecule has 0 fully saturated rings. The quantitative estimate of drug-likeness (QED) is 0.494. The standard InChI is InChI=1S/C23H23N5O2S/c1-13-2-3-18-15(8-13)9-16(12-30-18)22-28-21-19(29-7-5-24)10-14(11-20(21)31-22)17-4-6-26-23(25)27-17/h2-4,6,8,10-11,16H,5,7,9,12,24H2,1H3,(H2,25,26,27). The summed E-state index contributed by atoms with van der Waals surface area (Å²) < 4.78 is 13.0. The predicted molar refractivity (Wildman–Crippen MR) is 123 cm³/mol. The highest BCUT2D eigenvalue weighted by Gasteiger charge is 2.25. The van der Waals surface area contributed by atoms with Crippen LogP contribution < -0.4 is 20.9 Å². The largest absolute Gasteiger partial charge is 0.493 e. The number of benzene rings is 2. The maximum atomic E-state index is 6.03. The minimum atomic E-state index is 0.201. The van der Waals surface area contributed by atoms with Gasteiger partial charge < -0.3 is 20.9 Å². The van der Waals surface area contributed by atoms with Crippen molar-refractivity contribution >= 4 is 27.5 Å². The average molecular weight is 434 g/mol. The van der Waals surface area contributed by atoms with Crippen molar-refractivity contribution in [3.8, 4) is 22.8 Å². The summed E-state index contributed by atoms with van der Waals surface area (Å²) in [5.74, 6) is 2.11. The summed E-state index contributed by atoms with van der Waals surface area (Å²) in [6, 6.07) is 12.2. The Morgan fingerprint density at radius 2 is 2.10 bits per heavy atom. The first-order valence-electron chi connectivity index (χ1n) is 10.2. The number of rotatable bonds is 5. The zero-order chi connectivity index (χ0) is 21.4. The van der Waals surface area contributed by atoms with Crippen LogP contribution in [0.4, 0.5) is 5.95 Å². The van der Waals surface area contributed by atoms with Crippen LogP contribution in [-0.2, 0) is 6.42 Å². The number of aryl methyl sites for hydroxylation is 1. The number of hydrogen-bond acceptors (Lipinski definition) is 8. The Bertz CT molecular complexity index is 1260. The van der Waals surface area contributed by atoms with Crippen molar-refractivity contribution in [3.05, 3.63) is 58.7 Å². The highest BCUT2D eigenvalue weighted by Crippen LogP contribution is 2.40. The topological polar surface area (TPSA) is 109 Å². The zero-order valence-electron chi connectivity index (χ0n) is 17.2. The van der Waals surface area contributed by atoms with Crippen molar-refractivity contribution in [1.29, 1.82) is 0 Å². The number of anilines is 1. The van der Waals surface area contributed by atoms with Crippen molar-refractivity contribution in [1.82, 2.24) is 15.0 Å². The van der Waals surface area contributed by atoms with E-state index in [1.807, 2.05) is 12.1 Å². The predicted octanol–water partition coefficient (Wildman–Crippen LogP) is 3.70. The number of fused-ring (bicyclic) bond motifs is 2. The lowest BCUT2D eigenvalue weighted by atomic mass is 9.96. The van der Waals surface area contributed by atoms with E-state index in [1.54, 1.807) is 17.5 Å². The van der Waals surface area contributed by atoms with Crippen LogP contribution in [0.1, 0.15) is 22.1 Å². The molecule has 1 unspecified atom stereocenters. The van der Waals surface area contributed by atoms with Gasteiger partial charge in [0.05, 0.1) is 17.0 Å². The van der Waals surface area contributed by atoms with Gasteiger partial charge in [-0.15, -0.1) is 11.3 Å². The molecule has 31 heavy (non-hydrogen) atoms. The van der Waals surface area contributed by atoms with Crippen LogP contribution in [-0.4, -0.2) is 34.7 Å². The second kappa shape index (κ2) is 8.13. The molecule has 7 nitrogen and oxygen atoms in total. The van der Waals surface area contributed by atoms with Crippen molar-refractivity contribution in [2.24, 2.45) is 5.73 Å². The van der Waals surface area contributed by atoms with Crippen LogP contribution in [0.15, 0.2) is 42.6 Å². The molecule has 1 aliphatic rings. The first-order chi connectivity index (χ1) is 15.1. The first-order valence-corrected chi connectivity index (χ1v) is 11.0. The molecular formula is C23H23N5O2S. The number of nitrogens with zero attached hydrogens (tertiary/aromatic N) is 3. The SMILES string of the molecule is Cc1ccc2c(c1)CC(c1nc3c(OCCN)cc(-c4ccnc(N)n4)cc3s1)CO2. The van der Waals surface area contributed by atoms with Gasteiger partial charge >= 0.3 is 0 Å². The molecule has 4 N–H and O–H groups in total. The summed E-state index contributed by atoms with van der Waals surface area (Å²) in [6.45, 7) is 3.56. The lowest BCUT2D eigenvalue weighted by Crippen LogP contribution is -2.19. The van der Waals surface area contributed by atoms with Crippen LogP contribution in [0.2, 0.25) is 0 Å². The number of aromatic nitrogens is 3. The molecule has 1 aliphatic heterocycles. The summed E-state index contributed by atoms with van der Waals surface area (Å²) in [6.07, 6.45) is 2.56. The van der Waals surface area contributed by atoms with Crippen LogP contribution in [0, 0.1) is 6.92 Å². The maximum absolute atomic E-state index is 6.03. The van der Waals surface area contributed by atoms with Gasteiger partial charge in [0.15, 0.2) is 0 Å². The first kappa shape index (κ1) is 19.7. The Labute approximate surface area is 184 Å². The summed E-state index contributed by atoms with van der Waals surface area (Å²) in [7, 11) is 0. The maximum Gasteiger partial charge on any atom is 0.220 e. The van der Waals surface area contributed by atoms with Crippen molar-refractivity contribution < 1.29 is 9.47 Å². The van der Waals surface area contributed by atoms with Gasteiger partial charge in [-0.05, 0) is 43.2 Å². The number of nitrogens with two attached hydrogens (primary N) is 2. The van der Waals surface area contributed by atoms with E-state index in [9.17, 15) is 0 Å². The van der Waals surface area contributed by atoms with Gasteiger partial charge in [-0.25, -0.2) is 15.0 Å². The van der Waals surface area contributed by atoms with Crippen molar-refractivity contribution in [3.63, 3.8) is 0 Å². The number of ether oxygens (including phenoxy) is 2. The van der Waals surface area contributed by atoms with E-state index >= 15 is 0 Å². The third-order valence-corrected chi connectivity index (χ3v) is 6.46. The van der Waals surface area contributed by atoms with E-state index in [4.69, 9.17) is 25.9 Å². The van der Waals surface area contributed by atoms with Gasteiger partial charge in [-0.3, -0.25) is 0 Å². The highest BCUT2D eigenvalue weighted by molar-refractivity contribution is 7.18. The Morgan fingerprint density at radius 1 is 1.19 bits per heavy atom. The molecular weight excluding hydrogens is 410 g/mol. The van der Waals surface area contributed by atoms with Gasteiger partial charge in [0.25, 0.3) is 0 Å². The van der Waals surface area contributed by atoms with Gasteiger partial charge in [0, 0.05) is 24.2 Å². The fraction of sp³-hybridized carbons (Fsp3) is 0.261. The Hall–Kier alpha value is -3.23. The van der Waals surface area contributed by atoms with Crippen LogP contribution >= 0.6 is 11.3 Å². The molecule has 4 aromatic rings. The highest BCUT2D eigenvalue weighted by atomic mass is 32.1. The monoisotopic (exact) mass is 433 g/mol. The number of nitrogen functional groups attached to an aromatic ring is 1. The summed E-state index contributed by atoms with van der Waals surface area (Å²) >= 11 is 1.67. The normalized spacial score (nSPS) is 15.5. The molecule has 0 radical (unpaired) electrons. The molecule has 0 amide bonds. The van der Waals surface area contributed by atoms with Gasteiger partial charge in [-0.1, -0.05) is 17.7 Å². The van der Waals surface area contributed by atoms with E-state index in [-0.39, 0.29) is 11.9 Å². The number of thiazole rings is 1. The average Bonchev–Trinajstić information content (AvgIpc) is 3.21.